The van der Waals surface area contributed by atoms with Gasteiger partial charge in [0.05, 0.1) is 0 Å². The Bertz CT molecular complexity index is 426. The highest BCUT2D eigenvalue weighted by molar-refractivity contribution is 5.39. The molecule has 0 amide bonds. The Balaban J connectivity index is 1.96. The van der Waals surface area contributed by atoms with Crippen LogP contribution in [-0.2, 0) is 0 Å². The summed E-state index contributed by atoms with van der Waals surface area (Å²) in [6, 6.07) is 5.08. The van der Waals surface area contributed by atoms with Gasteiger partial charge in [-0.25, -0.2) is 0 Å². The average molecular weight is 273 g/mol. The van der Waals surface area contributed by atoms with E-state index in [1.165, 1.54) is 54.5 Å². The molecule has 1 saturated carbocycles. The van der Waals surface area contributed by atoms with Gasteiger partial charge in [0.2, 0.25) is 0 Å². The molecule has 112 valence electrons. The van der Waals surface area contributed by atoms with E-state index in [0.29, 0.717) is 6.04 Å². The van der Waals surface area contributed by atoms with Gasteiger partial charge in [-0.05, 0) is 75.6 Å². The first kappa shape index (κ1) is 15.6. The Kier molecular flexibility index (Phi) is 5.26. The molecule has 1 fully saturated rings. The van der Waals surface area contributed by atoms with Crippen molar-refractivity contribution in [1.82, 2.24) is 5.32 Å². The van der Waals surface area contributed by atoms with Gasteiger partial charge in [-0.1, -0.05) is 37.5 Å². The molecule has 2 rings (SSSR count). The molecular weight excluding hydrogens is 242 g/mol. The van der Waals surface area contributed by atoms with Crippen LogP contribution in [0.15, 0.2) is 12.1 Å². The number of hydrogen-bond donors (Lipinski definition) is 1. The molecule has 1 heteroatoms. The molecule has 1 nitrogen and oxygen atoms in total. The highest BCUT2D eigenvalue weighted by Gasteiger charge is 2.20. The van der Waals surface area contributed by atoms with Gasteiger partial charge in [0.1, 0.15) is 0 Å². The summed E-state index contributed by atoms with van der Waals surface area (Å²) in [5.41, 5.74) is 5.73. The van der Waals surface area contributed by atoms with Crippen LogP contribution in [0.2, 0.25) is 0 Å². The van der Waals surface area contributed by atoms with Gasteiger partial charge in [0, 0.05) is 6.04 Å². The maximum atomic E-state index is 3.79. The Morgan fingerprint density at radius 1 is 1.15 bits per heavy atom. The monoisotopic (exact) mass is 273 g/mol. The first-order valence-electron chi connectivity index (χ1n) is 8.28. The Morgan fingerprint density at radius 2 is 1.80 bits per heavy atom. The van der Waals surface area contributed by atoms with Crippen molar-refractivity contribution >= 4 is 0 Å². The van der Waals surface area contributed by atoms with E-state index in [1.807, 2.05) is 0 Å². The summed E-state index contributed by atoms with van der Waals surface area (Å²) in [5, 5.41) is 3.79. The average Bonchev–Trinajstić information content (AvgIpc) is 2.35. The molecule has 1 N–H and O–H groups in total. The summed E-state index contributed by atoms with van der Waals surface area (Å²) in [5.74, 6) is 1.81. The van der Waals surface area contributed by atoms with Crippen molar-refractivity contribution < 1.29 is 0 Å². The Labute approximate surface area is 125 Å². The van der Waals surface area contributed by atoms with Gasteiger partial charge in [-0.3, -0.25) is 0 Å². The highest BCUT2D eigenvalue weighted by Crippen LogP contribution is 2.29. The van der Waals surface area contributed by atoms with Gasteiger partial charge in [0.15, 0.2) is 0 Å². The summed E-state index contributed by atoms with van der Waals surface area (Å²) >= 11 is 0. The first-order chi connectivity index (χ1) is 9.47. The maximum absolute atomic E-state index is 3.79. The summed E-state index contributed by atoms with van der Waals surface area (Å²) < 4.78 is 0. The van der Waals surface area contributed by atoms with E-state index in [9.17, 15) is 0 Å². The predicted octanol–water partition coefficient (Wildman–Crippen LogP) is 5.09. The molecule has 0 saturated heterocycles. The zero-order valence-corrected chi connectivity index (χ0v) is 13.9. The fourth-order valence-electron chi connectivity index (χ4n) is 4.06. The van der Waals surface area contributed by atoms with Crippen LogP contribution in [0.1, 0.15) is 67.8 Å². The zero-order valence-electron chi connectivity index (χ0n) is 13.9. The van der Waals surface area contributed by atoms with Crippen molar-refractivity contribution in [3.63, 3.8) is 0 Å². The minimum atomic E-state index is 0.466. The summed E-state index contributed by atoms with van der Waals surface area (Å²) in [6.45, 7) is 12.6. The predicted molar refractivity (Wildman–Crippen MR) is 88.2 cm³/mol. The molecule has 20 heavy (non-hydrogen) atoms. The molecule has 1 aromatic rings. The second-order valence-corrected chi connectivity index (χ2v) is 7.08. The number of benzene rings is 1. The van der Waals surface area contributed by atoms with Crippen molar-refractivity contribution in [2.45, 2.75) is 66.3 Å². The van der Waals surface area contributed by atoms with Crippen molar-refractivity contribution in [3.8, 4) is 0 Å². The molecule has 0 spiro atoms. The van der Waals surface area contributed by atoms with E-state index in [-0.39, 0.29) is 0 Å². The molecule has 3 unspecified atom stereocenters. The smallest absolute Gasteiger partial charge is 0.0297 e. The molecule has 1 aromatic carbocycles. The van der Waals surface area contributed by atoms with Gasteiger partial charge in [0.25, 0.3) is 0 Å². The van der Waals surface area contributed by atoms with Crippen LogP contribution in [0.4, 0.5) is 0 Å². The normalized spacial score (nSPS) is 24.6. The lowest BCUT2D eigenvalue weighted by Gasteiger charge is -2.29. The minimum Gasteiger partial charge on any atom is -0.310 e. The van der Waals surface area contributed by atoms with Crippen LogP contribution in [0, 0.1) is 32.6 Å². The largest absolute Gasteiger partial charge is 0.310 e. The van der Waals surface area contributed by atoms with E-state index < -0.39 is 0 Å². The number of nitrogens with one attached hydrogen (secondary N) is 1. The van der Waals surface area contributed by atoms with E-state index in [2.05, 4.69) is 52.1 Å². The van der Waals surface area contributed by atoms with E-state index in [4.69, 9.17) is 0 Å². The summed E-state index contributed by atoms with van der Waals surface area (Å²) in [6.07, 6.45) is 5.67. The molecule has 0 aromatic heterocycles. The lowest BCUT2D eigenvalue weighted by molar-refractivity contribution is 0.268. The van der Waals surface area contributed by atoms with Crippen molar-refractivity contribution in [1.29, 1.82) is 0 Å². The second-order valence-electron chi connectivity index (χ2n) is 7.08. The SMILES string of the molecule is Cc1cc(C)c(C(C)NCC2CCCC(C)C2)c(C)c1. The van der Waals surface area contributed by atoms with Crippen LogP contribution in [0.25, 0.3) is 0 Å². The van der Waals surface area contributed by atoms with Crippen LogP contribution in [0.5, 0.6) is 0 Å². The molecule has 0 radical (unpaired) electrons. The van der Waals surface area contributed by atoms with E-state index in [1.54, 1.807) is 0 Å². The van der Waals surface area contributed by atoms with E-state index in [0.717, 1.165) is 11.8 Å². The van der Waals surface area contributed by atoms with Gasteiger partial charge < -0.3 is 5.32 Å². The van der Waals surface area contributed by atoms with E-state index >= 15 is 0 Å². The molecule has 3 atom stereocenters. The number of aryl methyl sites for hydroxylation is 3. The molecule has 0 bridgehead atoms. The number of rotatable bonds is 4. The molecule has 1 aliphatic rings. The molecule has 0 heterocycles. The minimum absolute atomic E-state index is 0.466. The third-order valence-corrected chi connectivity index (χ3v) is 4.93. The molecule has 1 aliphatic carbocycles. The van der Waals surface area contributed by atoms with Crippen molar-refractivity contribution in [2.75, 3.05) is 6.54 Å². The van der Waals surface area contributed by atoms with Crippen LogP contribution < -0.4 is 5.32 Å². The van der Waals surface area contributed by atoms with Crippen molar-refractivity contribution in [3.05, 3.63) is 34.4 Å². The van der Waals surface area contributed by atoms with Crippen LogP contribution in [0.3, 0.4) is 0 Å². The van der Waals surface area contributed by atoms with Crippen molar-refractivity contribution in [2.24, 2.45) is 11.8 Å². The fourth-order valence-corrected chi connectivity index (χ4v) is 4.06. The van der Waals surface area contributed by atoms with Crippen LogP contribution in [-0.4, -0.2) is 6.54 Å². The third-order valence-electron chi connectivity index (χ3n) is 4.93. The first-order valence-corrected chi connectivity index (χ1v) is 8.28. The molecule has 0 aliphatic heterocycles. The van der Waals surface area contributed by atoms with Gasteiger partial charge >= 0.3 is 0 Å². The lowest BCUT2D eigenvalue weighted by Crippen LogP contribution is -2.29. The maximum Gasteiger partial charge on any atom is 0.0297 e. The quantitative estimate of drug-likeness (QED) is 0.806. The molecular formula is C19H31N. The number of hydrogen-bond acceptors (Lipinski definition) is 1. The zero-order chi connectivity index (χ0) is 14.7. The highest BCUT2D eigenvalue weighted by atomic mass is 14.9. The Morgan fingerprint density at radius 3 is 2.40 bits per heavy atom. The summed E-state index contributed by atoms with van der Waals surface area (Å²) in [7, 11) is 0. The summed E-state index contributed by atoms with van der Waals surface area (Å²) in [4.78, 5) is 0. The second kappa shape index (κ2) is 6.76. The lowest BCUT2D eigenvalue weighted by atomic mass is 9.82. The van der Waals surface area contributed by atoms with Gasteiger partial charge in [-0.2, -0.15) is 0 Å². The van der Waals surface area contributed by atoms with Crippen LogP contribution >= 0.6 is 0 Å². The standard InChI is InChI=1S/C19H31N/c1-13-7-6-8-18(11-13)12-20-17(5)19-15(3)9-14(2)10-16(19)4/h9-10,13,17-18,20H,6-8,11-12H2,1-5H3. The van der Waals surface area contributed by atoms with Gasteiger partial charge in [-0.15, -0.1) is 0 Å². The fraction of sp³-hybridized carbons (Fsp3) is 0.684. The third kappa shape index (κ3) is 3.85. The topological polar surface area (TPSA) is 12.0 Å². The Hall–Kier alpha value is -0.820.